The van der Waals surface area contributed by atoms with Crippen molar-refractivity contribution in [3.63, 3.8) is 0 Å². The summed E-state index contributed by atoms with van der Waals surface area (Å²) in [5, 5.41) is 3.52. The highest BCUT2D eigenvalue weighted by molar-refractivity contribution is 6.07. The average Bonchev–Trinajstić information content (AvgIpc) is 2.99. The third-order valence-electron chi connectivity index (χ3n) is 4.58. The van der Waals surface area contributed by atoms with Crippen molar-refractivity contribution in [1.29, 1.82) is 0 Å². The van der Waals surface area contributed by atoms with E-state index in [1.807, 2.05) is 50.7 Å². The average molecular weight is 339 g/mol. The van der Waals surface area contributed by atoms with Crippen LogP contribution in [-0.2, 0) is 7.05 Å². The fraction of sp³-hybridized carbons (Fsp3) is 0.300. The molecule has 0 spiro atoms. The normalized spacial score (nSPS) is 12.6. The van der Waals surface area contributed by atoms with Crippen LogP contribution in [0.1, 0.15) is 31.1 Å². The summed E-state index contributed by atoms with van der Waals surface area (Å²) in [4.78, 5) is 17.4. The molecule has 0 saturated carbocycles. The molecular formula is C20H22FN3O. The minimum Gasteiger partial charge on any atom is -0.349 e. The van der Waals surface area contributed by atoms with E-state index in [0.29, 0.717) is 28.1 Å². The fourth-order valence-electron chi connectivity index (χ4n) is 2.70. The van der Waals surface area contributed by atoms with Crippen LogP contribution in [0.3, 0.4) is 0 Å². The number of aryl methyl sites for hydroxylation is 1. The molecule has 130 valence electrons. The van der Waals surface area contributed by atoms with Crippen LogP contribution in [0.5, 0.6) is 0 Å². The minimum absolute atomic E-state index is 0.0164. The Hall–Kier alpha value is -2.69. The van der Waals surface area contributed by atoms with Gasteiger partial charge in [-0.1, -0.05) is 13.8 Å². The van der Waals surface area contributed by atoms with Crippen molar-refractivity contribution in [2.75, 3.05) is 0 Å². The number of nitrogens with one attached hydrogen (secondary N) is 1. The van der Waals surface area contributed by atoms with E-state index in [4.69, 9.17) is 0 Å². The van der Waals surface area contributed by atoms with Gasteiger partial charge in [0.1, 0.15) is 5.82 Å². The van der Waals surface area contributed by atoms with Gasteiger partial charge >= 0.3 is 0 Å². The lowest BCUT2D eigenvalue weighted by Crippen LogP contribution is -2.36. The summed E-state index contributed by atoms with van der Waals surface area (Å²) in [7, 11) is 1.92. The molecule has 3 rings (SSSR count). The van der Waals surface area contributed by atoms with E-state index in [-0.39, 0.29) is 17.8 Å². The number of carbonyl (C=O) groups excluding carboxylic acids is 1. The largest absolute Gasteiger partial charge is 0.349 e. The summed E-state index contributed by atoms with van der Waals surface area (Å²) in [5.41, 5.74) is 2.63. The number of aromatic nitrogens is 2. The van der Waals surface area contributed by atoms with Crippen molar-refractivity contribution < 1.29 is 9.18 Å². The van der Waals surface area contributed by atoms with Crippen molar-refractivity contribution in [3.8, 4) is 11.4 Å². The third kappa shape index (κ3) is 3.40. The molecule has 1 N–H and O–H groups in total. The molecule has 0 fully saturated rings. The molecule has 1 atom stereocenters. The first-order chi connectivity index (χ1) is 11.9. The molecule has 1 unspecified atom stereocenters. The van der Waals surface area contributed by atoms with Gasteiger partial charge in [-0.05, 0) is 49.2 Å². The number of benzene rings is 1. The van der Waals surface area contributed by atoms with Crippen molar-refractivity contribution in [2.24, 2.45) is 13.0 Å². The summed E-state index contributed by atoms with van der Waals surface area (Å²) in [6.45, 7) is 6.06. The van der Waals surface area contributed by atoms with Crippen LogP contribution >= 0.6 is 0 Å². The van der Waals surface area contributed by atoms with E-state index in [0.717, 1.165) is 5.69 Å². The van der Waals surface area contributed by atoms with Gasteiger partial charge in [0.15, 0.2) is 0 Å². The Morgan fingerprint density at radius 2 is 1.96 bits per heavy atom. The lowest BCUT2D eigenvalue weighted by atomic mass is 10.0. The molecule has 25 heavy (non-hydrogen) atoms. The number of halogens is 1. The molecule has 0 bridgehead atoms. The summed E-state index contributed by atoms with van der Waals surface area (Å²) >= 11 is 0. The standard InChI is InChI=1S/C20H22FN3O/c1-12(2)13(3)22-20(25)16-11-18(19-6-5-9-24(19)4)23-17-8-7-14(21)10-15(16)17/h5-13H,1-4H3,(H,22,25). The lowest BCUT2D eigenvalue weighted by Gasteiger charge is -2.18. The molecule has 0 aliphatic rings. The number of fused-ring (bicyclic) bond motifs is 1. The summed E-state index contributed by atoms with van der Waals surface area (Å²) < 4.78 is 15.7. The van der Waals surface area contributed by atoms with Gasteiger partial charge in [-0.2, -0.15) is 0 Å². The van der Waals surface area contributed by atoms with Crippen molar-refractivity contribution in [2.45, 2.75) is 26.8 Å². The quantitative estimate of drug-likeness (QED) is 0.776. The first kappa shape index (κ1) is 17.1. The van der Waals surface area contributed by atoms with Gasteiger partial charge in [0.25, 0.3) is 5.91 Å². The van der Waals surface area contributed by atoms with Crippen molar-refractivity contribution in [3.05, 3.63) is 54.0 Å². The molecule has 0 radical (unpaired) electrons. The smallest absolute Gasteiger partial charge is 0.252 e. The molecule has 2 heterocycles. The van der Waals surface area contributed by atoms with Gasteiger partial charge in [0.05, 0.1) is 22.5 Å². The first-order valence-corrected chi connectivity index (χ1v) is 8.39. The Morgan fingerprint density at radius 3 is 2.60 bits per heavy atom. The molecule has 4 nitrogen and oxygen atoms in total. The predicted octanol–water partition coefficient (Wildman–Crippen LogP) is 4.15. The maximum Gasteiger partial charge on any atom is 0.252 e. The minimum atomic E-state index is -0.383. The Bertz CT molecular complexity index is 930. The zero-order valence-electron chi connectivity index (χ0n) is 14.9. The maximum atomic E-state index is 13.7. The van der Waals surface area contributed by atoms with E-state index in [1.165, 1.54) is 12.1 Å². The third-order valence-corrected chi connectivity index (χ3v) is 4.58. The SMILES string of the molecule is CC(C)C(C)NC(=O)c1cc(-c2cccn2C)nc2ccc(F)cc12. The van der Waals surface area contributed by atoms with Crippen LogP contribution in [-0.4, -0.2) is 21.5 Å². The fourth-order valence-corrected chi connectivity index (χ4v) is 2.70. The highest BCUT2D eigenvalue weighted by Gasteiger charge is 2.18. The van der Waals surface area contributed by atoms with E-state index in [9.17, 15) is 9.18 Å². The van der Waals surface area contributed by atoms with Crippen LogP contribution < -0.4 is 5.32 Å². The van der Waals surface area contributed by atoms with Gasteiger partial charge in [0, 0.05) is 24.7 Å². The van der Waals surface area contributed by atoms with Crippen LogP contribution in [0.15, 0.2) is 42.6 Å². The Morgan fingerprint density at radius 1 is 1.20 bits per heavy atom. The lowest BCUT2D eigenvalue weighted by molar-refractivity contribution is 0.0932. The van der Waals surface area contributed by atoms with E-state index >= 15 is 0 Å². The number of hydrogen-bond donors (Lipinski definition) is 1. The molecule has 0 saturated heterocycles. The van der Waals surface area contributed by atoms with E-state index < -0.39 is 0 Å². The van der Waals surface area contributed by atoms with Crippen LogP contribution in [0, 0.1) is 11.7 Å². The number of rotatable bonds is 4. The number of carbonyl (C=O) groups is 1. The van der Waals surface area contributed by atoms with Crippen LogP contribution in [0.4, 0.5) is 4.39 Å². The van der Waals surface area contributed by atoms with Crippen LogP contribution in [0.2, 0.25) is 0 Å². The number of hydrogen-bond acceptors (Lipinski definition) is 2. The zero-order chi connectivity index (χ0) is 18.1. The second-order valence-corrected chi connectivity index (χ2v) is 6.73. The Balaban J connectivity index is 2.15. The number of nitrogens with zero attached hydrogens (tertiary/aromatic N) is 2. The molecule has 1 aromatic carbocycles. The Kier molecular flexibility index (Phi) is 4.57. The molecule has 5 heteroatoms. The second kappa shape index (κ2) is 6.67. The van der Waals surface area contributed by atoms with Gasteiger partial charge in [-0.3, -0.25) is 4.79 Å². The van der Waals surface area contributed by atoms with Gasteiger partial charge in [0.2, 0.25) is 0 Å². The molecule has 0 aliphatic heterocycles. The number of amides is 1. The van der Waals surface area contributed by atoms with Gasteiger partial charge in [-0.15, -0.1) is 0 Å². The molecule has 2 aromatic heterocycles. The summed E-state index contributed by atoms with van der Waals surface area (Å²) in [5.74, 6) is -0.289. The predicted molar refractivity (Wildman–Crippen MR) is 97.9 cm³/mol. The van der Waals surface area contributed by atoms with Gasteiger partial charge in [-0.25, -0.2) is 9.37 Å². The number of pyridine rings is 1. The van der Waals surface area contributed by atoms with E-state index in [1.54, 1.807) is 12.1 Å². The van der Waals surface area contributed by atoms with Crippen molar-refractivity contribution >= 4 is 16.8 Å². The van der Waals surface area contributed by atoms with E-state index in [2.05, 4.69) is 10.3 Å². The molecular weight excluding hydrogens is 317 g/mol. The highest BCUT2D eigenvalue weighted by Crippen LogP contribution is 2.26. The van der Waals surface area contributed by atoms with Crippen LogP contribution in [0.25, 0.3) is 22.3 Å². The van der Waals surface area contributed by atoms with Gasteiger partial charge < -0.3 is 9.88 Å². The summed E-state index contributed by atoms with van der Waals surface area (Å²) in [6, 6.07) is 9.96. The molecule has 3 aromatic rings. The molecule has 1 amide bonds. The first-order valence-electron chi connectivity index (χ1n) is 8.39. The zero-order valence-corrected chi connectivity index (χ0v) is 14.9. The topological polar surface area (TPSA) is 46.9 Å². The summed E-state index contributed by atoms with van der Waals surface area (Å²) in [6.07, 6.45) is 1.92. The van der Waals surface area contributed by atoms with Crippen molar-refractivity contribution in [1.82, 2.24) is 14.9 Å². The second-order valence-electron chi connectivity index (χ2n) is 6.73. The monoisotopic (exact) mass is 339 g/mol. The Labute approximate surface area is 146 Å². The highest BCUT2D eigenvalue weighted by atomic mass is 19.1. The maximum absolute atomic E-state index is 13.7. The molecule has 0 aliphatic carbocycles.